The standard InChI is InChI=1S/C23H28N6O2/c1-14(2)11-28-17(5)15(3)21-22(28)24-13-29-23(21)25-20(26-29)12-31-27-16(4)18-7-9-19(30-6)10-8-18/h7-10,13-14H,11-12H2,1-6H3. The van der Waals surface area contributed by atoms with Crippen molar-refractivity contribution in [1.29, 1.82) is 0 Å². The van der Waals surface area contributed by atoms with E-state index in [1.807, 2.05) is 31.2 Å². The predicted molar refractivity (Wildman–Crippen MR) is 121 cm³/mol. The normalized spacial score (nSPS) is 12.3. The van der Waals surface area contributed by atoms with Crippen molar-refractivity contribution >= 4 is 22.4 Å². The Labute approximate surface area is 181 Å². The first-order valence-corrected chi connectivity index (χ1v) is 10.4. The lowest BCUT2D eigenvalue weighted by molar-refractivity contribution is 0.125. The Morgan fingerprint density at radius 1 is 1.13 bits per heavy atom. The molecule has 0 spiro atoms. The summed E-state index contributed by atoms with van der Waals surface area (Å²) in [6.45, 7) is 11.7. The van der Waals surface area contributed by atoms with Gasteiger partial charge < -0.3 is 14.1 Å². The van der Waals surface area contributed by atoms with E-state index in [-0.39, 0.29) is 6.61 Å². The zero-order chi connectivity index (χ0) is 22.1. The van der Waals surface area contributed by atoms with Gasteiger partial charge in [0.1, 0.15) is 17.7 Å². The van der Waals surface area contributed by atoms with Crippen molar-refractivity contribution < 1.29 is 9.57 Å². The Bertz CT molecular complexity index is 1250. The fraction of sp³-hybridized carbons (Fsp3) is 0.391. The van der Waals surface area contributed by atoms with Crippen molar-refractivity contribution in [2.75, 3.05) is 7.11 Å². The van der Waals surface area contributed by atoms with Crippen molar-refractivity contribution in [1.82, 2.24) is 24.1 Å². The number of aryl methyl sites for hydroxylation is 1. The molecule has 4 aromatic rings. The maximum atomic E-state index is 5.54. The lowest BCUT2D eigenvalue weighted by atomic mass is 10.1. The molecule has 0 N–H and O–H groups in total. The highest BCUT2D eigenvalue weighted by atomic mass is 16.6. The molecular weight excluding hydrogens is 392 g/mol. The van der Waals surface area contributed by atoms with E-state index in [0.717, 1.165) is 40.2 Å². The molecule has 0 unspecified atom stereocenters. The number of hydrogen-bond acceptors (Lipinski definition) is 6. The second-order valence-corrected chi connectivity index (χ2v) is 8.13. The first kappa shape index (κ1) is 20.8. The van der Waals surface area contributed by atoms with Crippen LogP contribution in [0.2, 0.25) is 0 Å². The van der Waals surface area contributed by atoms with Crippen LogP contribution >= 0.6 is 0 Å². The number of ether oxygens (including phenoxy) is 1. The SMILES string of the molecule is COc1ccc(C(C)=NOCc2nc3c4c(C)c(C)n(CC(C)C)c4ncn3n2)cc1. The fourth-order valence-corrected chi connectivity index (χ4v) is 3.70. The summed E-state index contributed by atoms with van der Waals surface area (Å²) in [6, 6.07) is 7.68. The van der Waals surface area contributed by atoms with Gasteiger partial charge in [-0.3, -0.25) is 0 Å². The first-order chi connectivity index (χ1) is 14.9. The van der Waals surface area contributed by atoms with Gasteiger partial charge in [-0.15, -0.1) is 5.10 Å². The zero-order valence-electron chi connectivity index (χ0n) is 18.9. The molecule has 4 rings (SSSR count). The molecule has 0 radical (unpaired) electrons. The summed E-state index contributed by atoms with van der Waals surface area (Å²) in [4.78, 5) is 14.9. The molecule has 3 heterocycles. The van der Waals surface area contributed by atoms with E-state index in [1.54, 1.807) is 18.0 Å². The van der Waals surface area contributed by atoms with Gasteiger partial charge in [-0.1, -0.05) is 19.0 Å². The Kier molecular flexibility index (Phi) is 5.63. The second-order valence-electron chi connectivity index (χ2n) is 8.13. The van der Waals surface area contributed by atoms with E-state index in [0.29, 0.717) is 11.7 Å². The van der Waals surface area contributed by atoms with Crippen LogP contribution in [0.3, 0.4) is 0 Å². The molecule has 0 amide bonds. The van der Waals surface area contributed by atoms with Crippen LogP contribution in [0.1, 0.15) is 43.4 Å². The summed E-state index contributed by atoms with van der Waals surface area (Å²) >= 11 is 0. The maximum absolute atomic E-state index is 5.54. The number of nitrogens with zero attached hydrogens (tertiary/aromatic N) is 6. The van der Waals surface area contributed by atoms with Crippen LogP contribution in [0.25, 0.3) is 16.7 Å². The maximum Gasteiger partial charge on any atom is 0.192 e. The van der Waals surface area contributed by atoms with Crippen LogP contribution in [-0.4, -0.2) is 37.0 Å². The Morgan fingerprint density at radius 3 is 2.55 bits per heavy atom. The summed E-state index contributed by atoms with van der Waals surface area (Å²) in [5.41, 5.74) is 5.87. The summed E-state index contributed by atoms with van der Waals surface area (Å²) < 4.78 is 9.17. The van der Waals surface area contributed by atoms with Crippen LogP contribution < -0.4 is 4.74 Å². The van der Waals surface area contributed by atoms with E-state index in [1.165, 1.54) is 11.3 Å². The zero-order valence-corrected chi connectivity index (χ0v) is 18.9. The van der Waals surface area contributed by atoms with Crippen LogP contribution in [0.5, 0.6) is 5.75 Å². The number of methoxy groups -OCH3 is 1. The summed E-state index contributed by atoms with van der Waals surface area (Å²) in [6.07, 6.45) is 1.72. The topological polar surface area (TPSA) is 78.8 Å². The van der Waals surface area contributed by atoms with E-state index >= 15 is 0 Å². The number of benzene rings is 1. The highest BCUT2D eigenvalue weighted by Gasteiger charge is 2.18. The minimum atomic E-state index is 0.182. The first-order valence-electron chi connectivity index (χ1n) is 10.4. The largest absolute Gasteiger partial charge is 0.497 e. The quantitative estimate of drug-likeness (QED) is 0.329. The Morgan fingerprint density at radius 2 is 1.87 bits per heavy atom. The Balaban J connectivity index is 1.58. The van der Waals surface area contributed by atoms with E-state index in [9.17, 15) is 0 Å². The van der Waals surface area contributed by atoms with Gasteiger partial charge in [0.2, 0.25) is 0 Å². The van der Waals surface area contributed by atoms with Crippen LogP contribution in [0, 0.1) is 19.8 Å². The molecule has 0 saturated heterocycles. The van der Waals surface area contributed by atoms with Crippen molar-refractivity contribution in [3.63, 3.8) is 0 Å². The molecule has 0 fully saturated rings. The van der Waals surface area contributed by atoms with Gasteiger partial charge in [0.25, 0.3) is 0 Å². The smallest absolute Gasteiger partial charge is 0.192 e. The molecule has 0 aliphatic carbocycles. The van der Waals surface area contributed by atoms with Crippen LogP contribution in [0.15, 0.2) is 35.7 Å². The minimum Gasteiger partial charge on any atom is -0.497 e. The van der Waals surface area contributed by atoms with Crippen molar-refractivity contribution in [2.24, 2.45) is 11.1 Å². The molecule has 0 saturated carbocycles. The third-order valence-corrected chi connectivity index (χ3v) is 5.44. The monoisotopic (exact) mass is 420 g/mol. The molecule has 0 atom stereocenters. The third-order valence-electron chi connectivity index (χ3n) is 5.44. The minimum absolute atomic E-state index is 0.182. The second kappa shape index (κ2) is 8.37. The molecule has 31 heavy (non-hydrogen) atoms. The molecule has 1 aromatic carbocycles. The van der Waals surface area contributed by atoms with Gasteiger partial charge in [-0.05, 0) is 62.1 Å². The van der Waals surface area contributed by atoms with Gasteiger partial charge in [-0.25, -0.2) is 14.5 Å². The van der Waals surface area contributed by atoms with Gasteiger partial charge in [0.15, 0.2) is 18.1 Å². The molecule has 8 heteroatoms. The van der Waals surface area contributed by atoms with E-state index in [4.69, 9.17) is 14.6 Å². The lowest BCUT2D eigenvalue weighted by Crippen LogP contribution is -2.07. The summed E-state index contributed by atoms with van der Waals surface area (Å²) in [7, 11) is 1.65. The Hall–Kier alpha value is -3.42. The number of hydrogen-bond donors (Lipinski definition) is 0. The molecule has 0 aliphatic rings. The summed E-state index contributed by atoms with van der Waals surface area (Å²) in [5.74, 6) is 1.90. The van der Waals surface area contributed by atoms with E-state index < -0.39 is 0 Å². The molecule has 162 valence electrons. The highest BCUT2D eigenvalue weighted by Crippen LogP contribution is 2.27. The lowest BCUT2D eigenvalue weighted by Gasteiger charge is -2.10. The molecule has 3 aromatic heterocycles. The van der Waals surface area contributed by atoms with Crippen molar-refractivity contribution in [3.05, 3.63) is 53.2 Å². The van der Waals surface area contributed by atoms with Crippen molar-refractivity contribution in [3.8, 4) is 5.75 Å². The molecular formula is C23H28N6O2. The number of oxime groups is 1. The third kappa shape index (κ3) is 3.97. The number of fused-ring (bicyclic) bond motifs is 3. The van der Waals surface area contributed by atoms with Gasteiger partial charge in [0, 0.05) is 12.2 Å². The number of aromatic nitrogens is 5. The van der Waals surface area contributed by atoms with Gasteiger partial charge >= 0.3 is 0 Å². The molecule has 0 bridgehead atoms. The number of rotatable bonds is 7. The average molecular weight is 421 g/mol. The van der Waals surface area contributed by atoms with Crippen LogP contribution in [-0.2, 0) is 18.0 Å². The van der Waals surface area contributed by atoms with E-state index in [2.05, 4.69) is 47.5 Å². The van der Waals surface area contributed by atoms with Crippen LogP contribution in [0.4, 0.5) is 0 Å². The highest BCUT2D eigenvalue weighted by molar-refractivity contribution is 5.98. The van der Waals surface area contributed by atoms with Gasteiger partial charge in [-0.2, -0.15) is 0 Å². The predicted octanol–water partition coefficient (Wildman–Crippen LogP) is 4.30. The fourth-order valence-electron chi connectivity index (χ4n) is 3.70. The summed E-state index contributed by atoms with van der Waals surface area (Å²) in [5, 5.41) is 9.77. The molecule has 8 nitrogen and oxygen atoms in total. The average Bonchev–Trinajstić information content (AvgIpc) is 3.27. The molecule has 0 aliphatic heterocycles. The van der Waals surface area contributed by atoms with Crippen molar-refractivity contribution in [2.45, 2.75) is 47.8 Å². The van der Waals surface area contributed by atoms with Gasteiger partial charge in [0.05, 0.1) is 18.2 Å².